The van der Waals surface area contributed by atoms with Crippen molar-refractivity contribution < 1.29 is 29.4 Å². The number of carbonyl (C=O) groups is 4. The van der Waals surface area contributed by atoms with Crippen LogP contribution in [0.4, 0.5) is 0 Å². The third-order valence-electron chi connectivity index (χ3n) is 5.25. The van der Waals surface area contributed by atoms with Gasteiger partial charge >= 0.3 is 5.97 Å². The van der Waals surface area contributed by atoms with Crippen LogP contribution in [0.3, 0.4) is 0 Å². The molecular formula is C20H37N7O6. The van der Waals surface area contributed by atoms with E-state index in [0.717, 1.165) is 6.42 Å². The van der Waals surface area contributed by atoms with Crippen LogP contribution in [0.15, 0.2) is 4.99 Å². The van der Waals surface area contributed by atoms with E-state index in [0.29, 0.717) is 19.4 Å². The summed E-state index contributed by atoms with van der Waals surface area (Å²) in [7, 11) is 0. The van der Waals surface area contributed by atoms with Gasteiger partial charge in [-0.2, -0.15) is 0 Å². The molecule has 1 aliphatic rings. The van der Waals surface area contributed by atoms with Crippen LogP contribution < -0.4 is 32.7 Å². The highest BCUT2D eigenvalue weighted by molar-refractivity contribution is 5.94. The number of aliphatic hydroxyl groups excluding tert-OH is 1. The van der Waals surface area contributed by atoms with Crippen molar-refractivity contribution in [2.24, 2.45) is 22.4 Å². The SMILES string of the molecule is CC(C)C(NC(=O)C(CCCN=C(N)N)NC(=O)C(NC(=O)C1CCCN1)C(C)O)C(=O)O. The van der Waals surface area contributed by atoms with Gasteiger partial charge in [0.05, 0.1) is 12.1 Å². The Labute approximate surface area is 193 Å². The van der Waals surface area contributed by atoms with Gasteiger partial charge in [-0.15, -0.1) is 0 Å². The highest BCUT2D eigenvalue weighted by Crippen LogP contribution is 2.08. The number of carbonyl (C=O) groups excluding carboxylic acids is 3. The first kappa shape index (κ1) is 28.1. The second-order valence-corrected chi connectivity index (χ2v) is 8.45. The third kappa shape index (κ3) is 9.61. The number of nitrogens with two attached hydrogens (primary N) is 2. The lowest BCUT2D eigenvalue weighted by Crippen LogP contribution is -2.60. The maximum absolute atomic E-state index is 12.9. The predicted molar refractivity (Wildman–Crippen MR) is 121 cm³/mol. The number of guanidine groups is 1. The van der Waals surface area contributed by atoms with E-state index in [1.165, 1.54) is 6.92 Å². The van der Waals surface area contributed by atoms with E-state index in [1.807, 2.05) is 0 Å². The number of aliphatic hydroxyl groups is 1. The lowest BCUT2D eigenvalue weighted by atomic mass is 10.0. The molecule has 0 aromatic heterocycles. The molecule has 1 aliphatic heterocycles. The summed E-state index contributed by atoms with van der Waals surface area (Å²) in [6, 6.07) is -4.04. The average Bonchev–Trinajstić information content (AvgIpc) is 3.25. The van der Waals surface area contributed by atoms with Gasteiger partial charge in [-0.05, 0) is 45.1 Å². The average molecular weight is 472 g/mol. The second-order valence-electron chi connectivity index (χ2n) is 8.45. The summed E-state index contributed by atoms with van der Waals surface area (Å²) in [5.74, 6) is -3.62. The van der Waals surface area contributed by atoms with Crippen molar-refractivity contribution >= 4 is 29.7 Å². The summed E-state index contributed by atoms with van der Waals surface area (Å²) in [4.78, 5) is 53.4. The van der Waals surface area contributed by atoms with Gasteiger partial charge in [-0.25, -0.2) is 4.79 Å². The number of aliphatic imine (C=N–C) groups is 1. The molecule has 5 atom stereocenters. The normalized spacial score (nSPS) is 19.1. The summed E-state index contributed by atoms with van der Waals surface area (Å²) >= 11 is 0. The van der Waals surface area contributed by atoms with Gasteiger partial charge in [0.2, 0.25) is 17.7 Å². The van der Waals surface area contributed by atoms with E-state index in [2.05, 4.69) is 26.3 Å². The van der Waals surface area contributed by atoms with Gasteiger partial charge in [0.25, 0.3) is 0 Å². The van der Waals surface area contributed by atoms with Crippen molar-refractivity contribution in [1.82, 2.24) is 21.3 Å². The van der Waals surface area contributed by atoms with Gasteiger partial charge in [0, 0.05) is 6.54 Å². The Morgan fingerprint density at radius 2 is 1.73 bits per heavy atom. The van der Waals surface area contributed by atoms with Crippen LogP contribution in [0.5, 0.6) is 0 Å². The fraction of sp³-hybridized carbons (Fsp3) is 0.750. The summed E-state index contributed by atoms with van der Waals surface area (Å²) in [5, 5.41) is 29.9. The van der Waals surface area contributed by atoms with E-state index in [4.69, 9.17) is 11.5 Å². The Bertz CT molecular complexity index is 718. The maximum atomic E-state index is 12.9. The van der Waals surface area contributed by atoms with Gasteiger partial charge in [-0.3, -0.25) is 19.4 Å². The Morgan fingerprint density at radius 3 is 2.21 bits per heavy atom. The molecule has 0 bridgehead atoms. The van der Waals surface area contributed by atoms with Crippen LogP contribution in [0, 0.1) is 5.92 Å². The molecule has 13 nitrogen and oxygen atoms in total. The fourth-order valence-corrected chi connectivity index (χ4v) is 3.37. The van der Waals surface area contributed by atoms with E-state index in [1.54, 1.807) is 13.8 Å². The zero-order valence-corrected chi connectivity index (χ0v) is 19.3. The van der Waals surface area contributed by atoms with Crippen LogP contribution in [-0.2, 0) is 19.2 Å². The van der Waals surface area contributed by atoms with E-state index < -0.39 is 59.9 Å². The predicted octanol–water partition coefficient (Wildman–Crippen LogP) is -2.63. The quantitative estimate of drug-likeness (QED) is 0.0798. The zero-order valence-electron chi connectivity index (χ0n) is 19.3. The number of hydrogen-bond acceptors (Lipinski definition) is 7. The molecule has 1 saturated heterocycles. The molecule has 1 rings (SSSR count). The number of amides is 3. The minimum absolute atomic E-state index is 0.101. The lowest BCUT2D eigenvalue weighted by molar-refractivity contribution is -0.143. The molecule has 0 aromatic rings. The molecule has 3 amide bonds. The molecule has 5 unspecified atom stereocenters. The molecular weight excluding hydrogens is 434 g/mol. The molecule has 0 spiro atoms. The van der Waals surface area contributed by atoms with Gasteiger partial charge in [0.15, 0.2) is 5.96 Å². The van der Waals surface area contributed by atoms with Crippen molar-refractivity contribution in [3.8, 4) is 0 Å². The van der Waals surface area contributed by atoms with Crippen molar-refractivity contribution in [1.29, 1.82) is 0 Å². The molecule has 0 aromatic carbocycles. The number of nitrogens with one attached hydrogen (secondary N) is 4. The standard InChI is InChI=1S/C20H37N7O6/c1-10(2)14(19(32)33)26-17(30)13(7-5-9-24-20(21)22)25-18(31)15(11(3)28)27-16(29)12-6-4-8-23-12/h10-15,23,28H,4-9H2,1-3H3,(H,25,31)(H,26,30)(H,27,29)(H,32,33)(H4,21,22,24). The molecule has 1 heterocycles. The van der Waals surface area contributed by atoms with Gasteiger partial charge < -0.3 is 42.9 Å². The molecule has 13 heteroatoms. The monoisotopic (exact) mass is 471 g/mol. The van der Waals surface area contributed by atoms with E-state index in [-0.39, 0.29) is 18.9 Å². The number of aliphatic carboxylic acids is 1. The molecule has 0 radical (unpaired) electrons. The summed E-state index contributed by atoms with van der Waals surface area (Å²) in [6.45, 7) is 5.50. The van der Waals surface area contributed by atoms with Crippen LogP contribution in [0.2, 0.25) is 0 Å². The highest BCUT2D eigenvalue weighted by Gasteiger charge is 2.33. The van der Waals surface area contributed by atoms with Crippen molar-refractivity contribution in [2.45, 2.75) is 76.7 Å². The van der Waals surface area contributed by atoms with Gasteiger partial charge in [-0.1, -0.05) is 13.8 Å². The second kappa shape index (κ2) is 13.6. The maximum Gasteiger partial charge on any atom is 0.326 e. The molecule has 0 saturated carbocycles. The molecule has 33 heavy (non-hydrogen) atoms. The number of hydrogen-bond donors (Lipinski definition) is 8. The number of rotatable bonds is 13. The molecule has 10 N–H and O–H groups in total. The van der Waals surface area contributed by atoms with Crippen LogP contribution in [-0.4, -0.2) is 83.2 Å². The Kier molecular flexibility index (Phi) is 11.6. The van der Waals surface area contributed by atoms with Crippen molar-refractivity contribution in [3.63, 3.8) is 0 Å². The minimum Gasteiger partial charge on any atom is -0.480 e. The molecule has 0 aliphatic carbocycles. The zero-order chi connectivity index (χ0) is 25.1. The fourth-order valence-electron chi connectivity index (χ4n) is 3.37. The van der Waals surface area contributed by atoms with Crippen LogP contribution in [0.1, 0.15) is 46.5 Å². The summed E-state index contributed by atoms with van der Waals surface area (Å²) in [6.07, 6.45) is 0.615. The number of carboxylic acids is 1. The van der Waals surface area contributed by atoms with Crippen molar-refractivity contribution in [3.05, 3.63) is 0 Å². The van der Waals surface area contributed by atoms with Gasteiger partial charge in [0.1, 0.15) is 18.1 Å². The first-order valence-electron chi connectivity index (χ1n) is 11.0. The van der Waals surface area contributed by atoms with Crippen LogP contribution in [0.25, 0.3) is 0 Å². The highest BCUT2D eigenvalue weighted by atomic mass is 16.4. The first-order valence-corrected chi connectivity index (χ1v) is 11.0. The number of carboxylic acid groups (broad SMARTS) is 1. The summed E-state index contributed by atoms with van der Waals surface area (Å²) < 4.78 is 0. The first-order chi connectivity index (χ1) is 15.4. The Balaban J connectivity index is 2.93. The smallest absolute Gasteiger partial charge is 0.326 e. The Morgan fingerprint density at radius 1 is 1.06 bits per heavy atom. The largest absolute Gasteiger partial charge is 0.480 e. The third-order valence-corrected chi connectivity index (χ3v) is 5.25. The van der Waals surface area contributed by atoms with Crippen molar-refractivity contribution in [2.75, 3.05) is 13.1 Å². The lowest BCUT2D eigenvalue weighted by Gasteiger charge is -2.27. The minimum atomic E-state index is -1.30. The van der Waals surface area contributed by atoms with E-state index in [9.17, 15) is 29.4 Å². The van der Waals surface area contributed by atoms with Crippen LogP contribution >= 0.6 is 0 Å². The molecule has 188 valence electrons. The molecule has 1 fully saturated rings. The number of nitrogens with zero attached hydrogens (tertiary/aromatic N) is 1. The Hall–Kier alpha value is -2.93. The topological polar surface area (TPSA) is 221 Å². The van der Waals surface area contributed by atoms with E-state index >= 15 is 0 Å². The summed E-state index contributed by atoms with van der Waals surface area (Å²) in [5.41, 5.74) is 10.6.